The highest BCUT2D eigenvalue weighted by Gasteiger charge is 2.20. The molecule has 122 valence electrons. The molecule has 0 saturated carbocycles. The summed E-state index contributed by atoms with van der Waals surface area (Å²) >= 11 is 0. The lowest BCUT2D eigenvalue weighted by Crippen LogP contribution is -2.45. The Morgan fingerprint density at radius 2 is 1.88 bits per heavy atom. The Kier molecular flexibility index (Phi) is 3.96. The Labute approximate surface area is 140 Å². The maximum atomic E-state index is 5.60. The normalized spacial score (nSPS) is 15.6. The van der Waals surface area contributed by atoms with E-state index in [9.17, 15) is 0 Å². The lowest BCUT2D eigenvalue weighted by molar-refractivity contribution is 0.311. The summed E-state index contributed by atoms with van der Waals surface area (Å²) in [5.74, 6) is 1.47. The molecule has 1 fully saturated rings. The van der Waals surface area contributed by atoms with Crippen LogP contribution in [0.15, 0.2) is 53.4 Å². The van der Waals surface area contributed by atoms with Gasteiger partial charge in [-0.2, -0.15) is 0 Å². The van der Waals surface area contributed by atoms with Gasteiger partial charge < -0.3 is 14.2 Å². The van der Waals surface area contributed by atoms with Crippen LogP contribution in [0.5, 0.6) is 0 Å². The second-order valence-electron chi connectivity index (χ2n) is 5.91. The van der Waals surface area contributed by atoms with Gasteiger partial charge in [-0.1, -0.05) is 6.07 Å². The van der Waals surface area contributed by atoms with E-state index in [1.165, 1.54) is 0 Å². The van der Waals surface area contributed by atoms with Gasteiger partial charge in [-0.25, -0.2) is 9.97 Å². The lowest BCUT2D eigenvalue weighted by atomic mass is 10.1. The molecule has 0 amide bonds. The molecule has 4 heterocycles. The molecule has 1 aliphatic heterocycles. The van der Waals surface area contributed by atoms with Crippen LogP contribution in [0, 0.1) is 0 Å². The molecule has 0 bridgehead atoms. The van der Waals surface area contributed by atoms with E-state index in [0.717, 1.165) is 54.8 Å². The molecule has 0 unspecified atom stereocenters. The Morgan fingerprint density at radius 3 is 2.58 bits per heavy atom. The van der Waals surface area contributed by atoms with Crippen LogP contribution in [0.25, 0.3) is 22.7 Å². The van der Waals surface area contributed by atoms with E-state index in [2.05, 4.69) is 26.8 Å². The van der Waals surface area contributed by atoms with Gasteiger partial charge in [0.25, 0.3) is 0 Å². The van der Waals surface area contributed by atoms with Crippen LogP contribution in [0.4, 0.5) is 5.95 Å². The summed E-state index contributed by atoms with van der Waals surface area (Å²) in [7, 11) is 2.14. The zero-order valence-electron chi connectivity index (χ0n) is 13.6. The summed E-state index contributed by atoms with van der Waals surface area (Å²) < 4.78 is 5.60. The van der Waals surface area contributed by atoms with E-state index >= 15 is 0 Å². The SMILES string of the molecule is CN1CCN(c2ncc(-c3ccccn3)c(-c3ccco3)n2)CC1. The van der Waals surface area contributed by atoms with E-state index in [1.807, 2.05) is 36.5 Å². The van der Waals surface area contributed by atoms with Gasteiger partial charge >= 0.3 is 0 Å². The summed E-state index contributed by atoms with van der Waals surface area (Å²) in [6.45, 7) is 3.89. The fourth-order valence-corrected chi connectivity index (χ4v) is 2.84. The van der Waals surface area contributed by atoms with Crippen LogP contribution in [-0.4, -0.2) is 53.1 Å². The minimum absolute atomic E-state index is 0.730. The van der Waals surface area contributed by atoms with Crippen LogP contribution >= 0.6 is 0 Å². The first kappa shape index (κ1) is 14.8. The first-order valence-corrected chi connectivity index (χ1v) is 8.07. The number of aromatic nitrogens is 3. The fourth-order valence-electron chi connectivity index (χ4n) is 2.84. The third kappa shape index (κ3) is 2.88. The van der Waals surface area contributed by atoms with Crippen molar-refractivity contribution in [1.29, 1.82) is 0 Å². The molecule has 6 heteroatoms. The second kappa shape index (κ2) is 6.41. The number of nitrogens with zero attached hydrogens (tertiary/aromatic N) is 5. The molecule has 24 heavy (non-hydrogen) atoms. The number of piperazine rings is 1. The van der Waals surface area contributed by atoms with Crippen LogP contribution in [0.3, 0.4) is 0 Å². The summed E-state index contributed by atoms with van der Waals surface area (Å²) in [6.07, 6.45) is 5.28. The largest absolute Gasteiger partial charge is 0.463 e. The highest BCUT2D eigenvalue weighted by atomic mass is 16.3. The molecule has 0 radical (unpaired) electrons. The Morgan fingerprint density at radius 1 is 1.00 bits per heavy atom. The maximum Gasteiger partial charge on any atom is 0.226 e. The second-order valence-corrected chi connectivity index (χ2v) is 5.91. The van der Waals surface area contributed by atoms with Gasteiger partial charge in [-0.15, -0.1) is 0 Å². The Balaban J connectivity index is 1.76. The summed E-state index contributed by atoms with van der Waals surface area (Å²) in [4.78, 5) is 18.4. The minimum atomic E-state index is 0.730. The van der Waals surface area contributed by atoms with Gasteiger partial charge in [0.15, 0.2) is 5.76 Å². The Hall–Kier alpha value is -2.73. The van der Waals surface area contributed by atoms with Gasteiger partial charge in [-0.3, -0.25) is 4.98 Å². The van der Waals surface area contributed by atoms with Crippen molar-refractivity contribution in [3.63, 3.8) is 0 Å². The molecule has 1 aliphatic rings. The quantitative estimate of drug-likeness (QED) is 0.739. The van der Waals surface area contributed by atoms with Crippen LogP contribution in [0.1, 0.15) is 0 Å². The number of hydrogen-bond acceptors (Lipinski definition) is 6. The molecule has 0 atom stereocenters. The molecule has 0 N–H and O–H groups in total. The molecule has 6 nitrogen and oxygen atoms in total. The molecule has 3 aromatic rings. The minimum Gasteiger partial charge on any atom is -0.463 e. The highest BCUT2D eigenvalue weighted by molar-refractivity contribution is 5.76. The Bertz CT molecular complexity index is 796. The highest BCUT2D eigenvalue weighted by Crippen LogP contribution is 2.30. The molecule has 0 aliphatic carbocycles. The summed E-state index contributed by atoms with van der Waals surface area (Å²) in [6, 6.07) is 9.61. The monoisotopic (exact) mass is 321 g/mol. The number of pyridine rings is 1. The van der Waals surface area contributed by atoms with Crippen molar-refractivity contribution in [2.24, 2.45) is 0 Å². The van der Waals surface area contributed by atoms with Crippen molar-refractivity contribution in [1.82, 2.24) is 19.9 Å². The van der Waals surface area contributed by atoms with Crippen molar-refractivity contribution in [2.45, 2.75) is 0 Å². The van der Waals surface area contributed by atoms with Crippen molar-refractivity contribution in [3.05, 3.63) is 49.0 Å². The fraction of sp³-hybridized carbons (Fsp3) is 0.278. The van der Waals surface area contributed by atoms with Crippen molar-refractivity contribution in [3.8, 4) is 22.7 Å². The molecular formula is C18H19N5O. The van der Waals surface area contributed by atoms with Gasteiger partial charge in [0, 0.05) is 44.1 Å². The van der Waals surface area contributed by atoms with E-state index in [1.54, 1.807) is 12.5 Å². The molecule has 3 aromatic heterocycles. The van der Waals surface area contributed by atoms with Crippen LogP contribution in [0.2, 0.25) is 0 Å². The molecule has 0 aromatic carbocycles. The van der Waals surface area contributed by atoms with E-state index in [0.29, 0.717) is 0 Å². The number of rotatable bonds is 3. The third-order valence-electron chi connectivity index (χ3n) is 4.26. The van der Waals surface area contributed by atoms with Gasteiger partial charge in [0.2, 0.25) is 5.95 Å². The van der Waals surface area contributed by atoms with Gasteiger partial charge in [0.1, 0.15) is 5.69 Å². The zero-order chi connectivity index (χ0) is 16.4. The van der Waals surface area contributed by atoms with E-state index in [4.69, 9.17) is 9.40 Å². The van der Waals surface area contributed by atoms with Gasteiger partial charge in [-0.05, 0) is 31.3 Å². The van der Waals surface area contributed by atoms with Crippen LogP contribution < -0.4 is 4.90 Å². The van der Waals surface area contributed by atoms with Gasteiger partial charge in [0.05, 0.1) is 12.0 Å². The first-order chi connectivity index (χ1) is 11.8. The molecule has 0 spiro atoms. The van der Waals surface area contributed by atoms with Crippen LogP contribution in [-0.2, 0) is 0 Å². The predicted octanol–water partition coefficient (Wildman–Crippen LogP) is 2.55. The van der Waals surface area contributed by atoms with Crippen molar-refractivity contribution >= 4 is 5.95 Å². The zero-order valence-corrected chi connectivity index (χ0v) is 13.6. The average Bonchev–Trinajstić information content (AvgIpc) is 3.17. The average molecular weight is 321 g/mol. The number of likely N-dealkylation sites (N-methyl/N-ethyl adjacent to an activating group) is 1. The van der Waals surface area contributed by atoms with Crippen molar-refractivity contribution in [2.75, 3.05) is 38.1 Å². The van der Waals surface area contributed by atoms with Crippen molar-refractivity contribution < 1.29 is 4.42 Å². The predicted molar refractivity (Wildman–Crippen MR) is 92.7 cm³/mol. The summed E-state index contributed by atoms with van der Waals surface area (Å²) in [5.41, 5.74) is 2.50. The first-order valence-electron chi connectivity index (χ1n) is 8.07. The number of anilines is 1. The number of furan rings is 1. The topological polar surface area (TPSA) is 58.3 Å². The maximum absolute atomic E-state index is 5.60. The third-order valence-corrected chi connectivity index (χ3v) is 4.26. The van der Waals surface area contributed by atoms with E-state index < -0.39 is 0 Å². The molecule has 1 saturated heterocycles. The smallest absolute Gasteiger partial charge is 0.226 e. The summed E-state index contributed by atoms with van der Waals surface area (Å²) in [5, 5.41) is 0. The van der Waals surface area contributed by atoms with E-state index in [-0.39, 0.29) is 0 Å². The molecular weight excluding hydrogens is 302 g/mol. The number of hydrogen-bond donors (Lipinski definition) is 0. The molecule has 4 rings (SSSR count). The lowest BCUT2D eigenvalue weighted by Gasteiger charge is -2.32. The standard InChI is InChI=1S/C18H19N5O/c1-22-8-10-23(11-9-22)18-20-13-14(15-5-2-3-7-19-15)17(21-18)16-6-4-12-24-16/h2-7,12-13H,8-11H2,1H3.